The molecule has 5 heteroatoms. The largest absolute Gasteiger partial charge is 0.226 e. The van der Waals surface area contributed by atoms with E-state index in [0.717, 1.165) is 22.8 Å². The maximum absolute atomic E-state index is 5.76. The van der Waals surface area contributed by atoms with Crippen LogP contribution >= 0.6 is 11.6 Å². The Kier molecular flexibility index (Phi) is 2.44. The van der Waals surface area contributed by atoms with Gasteiger partial charge in [-0.3, -0.25) is 0 Å². The smallest absolute Gasteiger partial charge is 0.224 e. The molecule has 2 heterocycles. The van der Waals surface area contributed by atoms with Gasteiger partial charge in [0.25, 0.3) is 0 Å². The normalized spacial score (nSPS) is 10.7. The summed E-state index contributed by atoms with van der Waals surface area (Å²) in [5.74, 6) is 0.737. The Morgan fingerprint density at radius 3 is 2.60 bits per heavy atom. The number of halogens is 1. The van der Waals surface area contributed by atoms with Crippen molar-refractivity contribution in [2.45, 2.75) is 20.8 Å². The van der Waals surface area contributed by atoms with E-state index in [4.69, 9.17) is 11.6 Å². The second-order valence-electron chi connectivity index (χ2n) is 3.48. The molecule has 0 amide bonds. The van der Waals surface area contributed by atoms with Crippen molar-refractivity contribution >= 4 is 11.6 Å². The zero-order valence-corrected chi connectivity index (χ0v) is 9.58. The van der Waals surface area contributed by atoms with Crippen LogP contribution in [0.3, 0.4) is 0 Å². The SMILES string of the molecule is Cc1cc(C)n(-c2nc(Cl)ncc2C)n1. The molecule has 0 aliphatic rings. The van der Waals surface area contributed by atoms with Crippen LogP contribution in [-0.2, 0) is 0 Å². The summed E-state index contributed by atoms with van der Waals surface area (Å²) in [6.45, 7) is 5.86. The fourth-order valence-electron chi connectivity index (χ4n) is 1.47. The fourth-order valence-corrected chi connectivity index (χ4v) is 1.60. The molecule has 0 fully saturated rings. The maximum atomic E-state index is 5.76. The molecule has 0 N–H and O–H groups in total. The van der Waals surface area contributed by atoms with Gasteiger partial charge in [-0.05, 0) is 38.4 Å². The Morgan fingerprint density at radius 2 is 2.00 bits per heavy atom. The predicted octanol–water partition coefficient (Wildman–Crippen LogP) is 2.24. The highest BCUT2D eigenvalue weighted by molar-refractivity contribution is 6.28. The van der Waals surface area contributed by atoms with Crippen LogP contribution in [0.15, 0.2) is 12.3 Å². The van der Waals surface area contributed by atoms with E-state index in [1.807, 2.05) is 26.8 Å². The molecule has 4 nitrogen and oxygen atoms in total. The van der Waals surface area contributed by atoms with E-state index in [2.05, 4.69) is 15.1 Å². The van der Waals surface area contributed by atoms with Crippen molar-refractivity contribution in [1.29, 1.82) is 0 Å². The number of aromatic nitrogens is 4. The zero-order valence-electron chi connectivity index (χ0n) is 8.82. The van der Waals surface area contributed by atoms with Crippen molar-refractivity contribution in [3.05, 3.63) is 34.5 Å². The molecular weight excluding hydrogens is 212 g/mol. The molecule has 0 saturated carbocycles. The lowest BCUT2D eigenvalue weighted by atomic mass is 10.3. The quantitative estimate of drug-likeness (QED) is 0.695. The summed E-state index contributed by atoms with van der Waals surface area (Å²) in [5, 5.41) is 4.59. The molecule has 2 aromatic rings. The second-order valence-corrected chi connectivity index (χ2v) is 3.82. The van der Waals surface area contributed by atoms with Crippen molar-refractivity contribution < 1.29 is 0 Å². The third-order valence-corrected chi connectivity index (χ3v) is 2.31. The molecule has 0 saturated heterocycles. The maximum Gasteiger partial charge on any atom is 0.224 e. The zero-order chi connectivity index (χ0) is 11.0. The monoisotopic (exact) mass is 222 g/mol. The van der Waals surface area contributed by atoms with E-state index in [-0.39, 0.29) is 5.28 Å². The van der Waals surface area contributed by atoms with Gasteiger partial charge in [-0.25, -0.2) is 9.67 Å². The molecule has 0 aliphatic heterocycles. The minimum absolute atomic E-state index is 0.239. The molecule has 0 spiro atoms. The van der Waals surface area contributed by atoms with Gasteiger partial charge >= 0.3 is 0 Å². The van der Waals surface area contributed by atoms with Crippen LogP contribution in [-0.4, -0.2) is 19.7 Å². The summed E-state index contributed by atoms with van der Waals surface area (Å²) in [6, 6.07) is 2.00. The van der Waals surface area contributed by atoms with Gasteiger partial charge < -0.3 is 0 Å². The lowest BCUT2D eigenvalue weighted by molar-refractivity contribution is 0.792. The first-order valence-electron chi connectivity index (χ1n) is 4.60. The summed E-state index contributed by atoms with van der Waals surface area (Å²) in [4.78, 5) is 8.09. The lowest BCUT2D eigenvalue weighted by Crippen LogP contribution is -2.05. The van der Waals surface area contributed by atoms with Gasteiger partial charge in [-0.2, -0.15) is 10.1 Å². The van der Waals surface area contributed by atoms with Gasteiger partial charge in [0.1, 0.15) is 0 Å². The first-order valence-corrected chi connectivity index (χ1v) is 4.98. The topological polar surface area (TPSA) is 43.6 Å². The van der Waals surface area contributed by atoms with Gasteiger partial charge in [-0.15, -0.1) is 0 Å². The Labute approximate surface area is 92.9 Å². The van der Waals surface area contributed by atoms with Crippen LogP contribution in [0.25, 0.3) is 5.82 Å². The standard InChI is InChI=1S/C10H11ClN4/c1-6-5-12-10(11)13-9(6)15-8(3)4-7(2)14-15/h4-5H,1-3H3. The van der Waals surface area contributed by atoms with Crippen molar-refractivity contribution in [2.75, 3.05) is 0 Å². The van der Waals surface area contributed by atoms with Crippen molar-refractivity contribution in [2.24, 2.45) is 0 Å². The van der Waals surface area contributed by atoms with Crippen molar-refractivity contribution in [1.82, 2.24) is 19.7 Å². The van der Waals surface area contributed by atoms with Crippen LogP contribution < -0.4 is 0 Å². The molecule has 15 heavy (non-hydrogen) atoms. The van der Waals surface area contributed by atoms with Crippen molar-refractivity contribution in [3.63, 3.8) is 0 Å². The van der Waals surface area contributed by atoms with E-state index in [1.165, 1.54) is 0 Å². The van der Waals surface area contributed by atoms with Crippen LogP contribution in [0, 0.1) is 20.8 Å². The van der Waals surface area contributed by atoms with Gasteiger partial charge in [0.15, 0.2) is 5.82 Å². The summed E-state index contributed by atoms with van der Waals surface area (Å²) in [6.07, 6.45) is 1.70. The van der Waals surface area contributed by atoms with Crippen LogP contribution in [0.4, 0.5) is 0 Å². The molecule has 2 aromatic heterocycles. The molecule has 78 valence electrons. The van der Waals surface area contributed by atoms with Gasteiger partial charge in [0.05, 0.1) is 5.69 Å². The first kappa shape index (κ1) is 10.1. The highest BCUT2D eigenvalue weighted by Gasteiger charge is 2.08. The van der Waals surface area contributed by atoms with E-state index < -0.39 is 0 Å². The summed E-state index contributed by atoms with van der Waals surface area (Å²) in [7, 11) is 0. The number of rotatable bonds is 1. The highest BCUT2D eigenvalue weighted by Crippen LogP contribution is 2.14. The Balaban J connectivity index is 2.62. The third kappa shape index (κ3) is 1.85. The van der Waals surface area contributed by atoms with Gasteiger partial charge in [-0.1, -0.05) is 0 Å². The minimum Gasteiger partial charge on any atom is -0.226 e. The predicted molar refractivity (Wildman–Crippen MR) is 58.4 cm³/mol. The van der Waals surface area contributed by atoms with Gasteiger partial charge in [0, 0.05) is 17.5 Å². The van der Waals surface area contributed by atoms with Crippen molar-refractivity contribution in [3.8, 4) is 5.82 Å². The number of nitrogens with zero attached hydrogens (tertiary/aromatic N) is 4. The first-order chi connectivity index (χ1) is 7.08. The van der Waals surface area contributed by atoms with Crippen LogP contribution in [0.5, 0.6) is 0 Å². The minimum atomic E-state index is 0.239. The molecule has 2 rings (SSSR count). The Hall–Kier alpha value is -1.42. The molecule has 0 atom stereocenters. The number of hydrogen-bond acceptors (Lipinski definition) is 3. The summed E-state index contributed by atoms with van der Waals surface area (Å²) < 4.78 is 1.78. The molecule has 0 bridgehead atoms. The van der Waals surface area contributed by atoms with Gasteiger partial charge in [0.2, 0.25) is 5.28 Å². The van der Waals surface area contributed by atoms with Crippen LogP contribution in [0.2, 0.25) is 5.28 Å². The fraction of sp³-hybridized carbons (Fsp3) is 0.300. The van der Waals surface area contributed by atoms with E-state index in [9.17, 15) is 0 Å². The third-order valence-electron chi connectivity index (χ3n) is 2.13. The molecular formula is C10H11ClN4. The molecule has 0 aliphatic carbocycles. The number of aryl methyl sites for hydroxylation is 3. The van der Waals surface area contributed by atoms with E-state index in [1.54, 1.807) is 10.9 Å². The lowest BCUT2D eigenvalue weighted by Gasteiger charge is -2.06. The summed E-state index contributed by atoms with van der Waals surface area (Å²) in [5.41, 5.74) is 2.94. The summed E-state index contributed by atoms with van der Waals surface area (Å²) >= 11 is 5.76. The average Bonchev–Trinajstić information content (AvgIpc) is 2.50. The Morgan fingerprint density at radius 1 is 1.27 bits per heavy atom. The Bertz CT molecular complexity index is 504. The van der Waals surface area contributed by atoms with E-state index >= 15 is 0 Å². The highest BCUT2D eigenvalue weighted by atomic mass is 35.5. The molecule has 0 unspecified atom stereocenters. The second kappa shape index (κ2) is 3.62. The van der Waals surface area contributed by atoms with Crippen LogP contribution in [0.1, 0.15) is 17.0 Å². The average molecular weight is 223 g/mol. The molecule has 0 radical (unpaired) electrons. The molecule has 0 aromatic carbocycles. The van der Waals surface area contributed by atoms with E-state index in [0.29, 0.717) is 0 Å². The number of hydrogen-bond donors (Lipinski definition) is 0.